The van der Waals surface area contributed by atoms with E-state index in [9.17, 15) is 0 Å². The highest BCUT2D eigenvalue weighted by Crippen LogP contribution is 2.26. The van der Waals surface area contributed by atoms with E-state index in [0.29, 0.717) is 6.61 Å². The van der Waals surface area contributed by atoms with Crippen LogP contribution in [0, 0.1) is 6.92 Å². The average molecular weight is 269 g/mol. The van der Waals surface area contributed by atoms with Crippen molar-refractivity contribution in [2.75, 3.05) is 0 Å². The summed E-state index contributed by atoms with van der Waals surface area (Å²) >= 11 is 0. The number of benzene rings is 2. The molecular weight excluding hydrogens is 246 g/mol. The number of rotatable bonds is 5. The van der Waals surface area contributed by atoms with Crippen molar-refractivity contribution in [3.63, 3.8) is 0 Å². The third-order valence-electron chi connectivity index (χ3n) is 3.49. The Morgan fingerprint density at radius 2 is 1.70 bits per heavy atom. The first-order chi connectivity index (χ1) is 9.60. The summed E-state index contributed by atoms with van der Waals surface area (Å²) in [4.78, 5) is 0. The van der Waals surface area contributed by atoms with Gasteiger partial charge in [-0.25, -0.2) is 0 Å². The van der Waals surface area contributed by atoms with Crippen LogP contribution in [-0.2, 0) is 13.0 Å². The van der Waals surface area contributed by atoms with Crippen molar-refractivity contribution in [3.8, 4) is 5.75 Å². The van der Waals surface area contributed by atoms with Crippen LogP contribution >= 0.6 is 0 Å². The summed E-state index contributed by atoms with van der Waals surface area (Å²) in [5.74, 6) is 0.888. The zero-order valence-corrected chi connectivity index (χ0v) is 12.5. The van der Waals surface area contributed by atoms with E-state index in [1.54, 1.807) is 0 Å². The van der Waals surface area contributed by atoms with Crippen LogP contribution in [-0.4, -0.2) is 0 Å². The zero-order chi connectivity index (χ0) is 14.5. The molecule has 0 amide bonds. The normalized spacial score (nSPS) is 12.2. The summed E-state index contributed by atoms with van der Waals surface area (Å²) in [6.07, 6.45) is 1.06. The second-order valence-electron chi connectivity index (χ2n) is 5.29. The van der Waals surface area contributed by atoms with Crippen LogP contribution in [0.3, 0.4) is 0 Å². The van der Waals surface area contributed by atoms with Gasteiger partial charge in [-0.1, -0.05) is 43.3 Å². The first kappa shape index (κ1) is 14.6. The number of hydrogen-bond acceptors (Lipinski definition) is 2. The molecule has 0 spiro atoms. The molecule has 2 nitrogen and oxygen atoms in total. The van der Waals surface area contributed by atoms with E-state index in [2.05, 4.69) is 56.3 Å². The third-order valence-corrected chi connectivity index (χ3v) is 3.49. The molecule has 0 radical (unpaired) electrons. The molecule has 0 aliphatic heterocycles. The second-order valence-corrected chi connectivity index (χ2v) is 5.29. The predicted molar refractivity (Wildman–Crippen MR) is 83.9 cm³/mol. The Morgan fingerprint density at radius 3 is 2.30 bits per heavy atom. The molecule has 0 saturated heterocycles. The monoisotopic (exact) mass is 269 g/mol. The number of nitrogens with two attached hydrogens (primary N) is 1. The van der Waals surface area contributed by atoms with Gasteiger partial charge in [0, 0.05) is 11.6 Å². The quantitative estimate of drug-likeness (QED) is 0.884. The van der Waals surface area contributed by atoms with E-state index < -0.39 is 0 Å². The van der Waals surface area contributed by atoms with Crippen LogP contribution < -0.4 is 10.5 Å². The van der Waals surface area contributed by atoms with Crippen molar-refractivity contribution < 1.29 is 4.74 Å². The fourth-order valence-electron chi connectivity index (χ4n) is 2.18. The van der Waals surface area contributed by atoms with E-state index >= 15 is 0 Å². The van der Waals surface area contributed by atoms with E-state index in [1.165, 1.54) is 16.7 Å². The Labute approximate surface area is 121 Å². The fourth-order valence-corrected chi connectivity index (χ4v) is 2.18. The van der Waals surface area contributed by atoms with E-state index in [0.717, 1.165) is 17.7 Å². The van der Waals surface area contributed by atoms with Crippen molar-refractivity contribution in [3.05, 3.63) is 64.7 Å². The lowest BCUT2D eigenvalue weighted by molar-refractivity contribution is 0.301. The minimum atomic E-state index is -0.0203. The lowest BCUT2D eigenvalue weighted by atomic mass is 10.1. The molecule has 2 N–H and O–H groups in total. The van der Waals surface area contributed by atoms with Gasteiger partial charge in [-0.05, 0) is 43.0 Å². The van der Waals surface area contributed by atoms with Gasteiger partial charge in [0.25, 0.3) is 0 Å². The summed E-state index contributed by atoms with van der Waals surface area (Å²) < 4.78 is 5.96. The second kappa shape index (κ2) is 6.58. The molecule has 0 aliphatic carbocycles. The summed E-state index contributed by atoms with van der Waals surface area (Å²) in [5, 5.41) is 0. The third kappa shape index (κ3) is 3.61. The summed E-state index contributed by atoms with van der Waals surface area (Å²) in [7, 11) is 0. The molecule has 2 rings (SSSR count). The molecule has 0 heterocycles. The van der Waals surface area contributed by atoms with Gasteiger partial charge in [0.05, 0.1) is 0 Å². The fraction of sp³-hybridized carbons (Fsp3) is 0.333. The lowest BCUT2D eigenvalue weighted by Crippen LogP contribution is -2.08. The van der Waals surface area contributed by atoms with Crippen LogP contribution in [0.4, 0.5) is 0 Å². The van der Waals surface area contributed by atoms with Crippen LogP contribution in [0.15, 0.2) is 42.5 Å². The van der Waals surface area contributed by atoms with Crippen LogP contribution in [0.25, 0.3) is 0 Å². The number of ether oxygens (including phenoxy) is 1. The van der Waals surface area contributed by atoms with E-state index in [-0.39, 0.29) is 6.04 Å². The molecule has 2 heteroatoms. The molecule has 1 atom stereocenters. The summed E-state index contributed by atoms with van der Waals surface area (Å²) in [6.45, 7) is 6.78. The van der Waals surface area contributed by atoms with Gasteiger partial charge in [0.1, 0.15) is 12.4 Å². The molecule has 0 saturated carbocycles. The van der Waals surface area contributed by atoms with E-state index in [1.807, 2.05) is 6.92 Å². The van der Waals surface area contributed by atoms with Gasteiger partial charge in [-0.15, -0.1) is 0 Å². The molecule has 0 aliphatic rings. The molecule has 0 aromatic heterocycles. The van der Waals surface area contributed by atoms with Crippen LogP contribution in [0.1, 0.15) is 42.1 Å². The average Bonchev–Trinajstić information content (AvgIpc) is 2.45. The highest BCUT2D eigenvalue weighted by molar-refractivity contribution is 5.39. The maximum atomic E-state index is 5.99. The molecule has 2 aromatic rings. The lowest BCUT2D eigenvalue weighted by Gasteiger charge is -2.15. The Kier molecular flexibility index (Phi) is 4.80. The van der Waals surface area contributed by atoms with Crippen LogP contribution in [0.2, 0.25) is 0 Å². The smallest absolute Gasteiger partial charge is 0.124 e. The highest BCUT2D eigenvalue weighted by Gasteiger charge is 2.08. The molecule has 106 valence electrons. The number of hydrogen-bond donors (Lipinski definition) is 1. The Balaban J connectivity index is 2.11. The van der Waals surface area contributed by atoms with Gasteiger partial charge in [0.2, 0.25) is 0 Å². The van der Waals surface area contributed by atoms with Gasteiger partial charge >= 0.3 is 0 Å². The Morgan fingerprint density at radius 1 is 1.05 bits per heavy atom. The standard InChI is InChI=1S/C18H23NO/c1-4-15-6-8-16(9-7-15)12-20-18-11-13(2)5-10-17(18)14(3)19/h5-11,14H,4,12,19H2,1-3H3/t14-/m0/s1. The highest BCUT2D eigenvalue weighted by atomic mass is 16.5. The Bertz CT molecular complexity index is 558. The SMILES string of the molecule is CCc1ccc(COc2cc(C)ccc2[C@H](C)N)cc1. The minimum absolute atomic E-state index is 0.0203. The van der Waals surface area contributed by atoms with Crippen molar-refractivity contribution in [2.24, 2.45) is 5.73 Å². The topological polar surface area (TPSA) is 35.2 Å². The van der Waals surface area contributed by atoms with Gasteiger partial charge in [0.15, 0.2) is 0 Å². The maximum Gasteiger partial charge on any atom is 0.124 e. The van der Waals surface area contributed by atoms with Crippen molar-refractivity contribution >= 4 is 0 Å². The number of aryl methyl sites for hydroxylation is 2. The van der Waals surface area contributed by atoms with Crippen molar-refractivity contribution in [1.82, 2.24) is 0 Å². The van der Waals surface area contributed by atoms with Gasteiger partial charge < -0.3 is 10.5 Å². The first-order valence-electron chi connectivity index (χ1n) is 7.17. The molecular formula is C18H23NO. The van der Waals surface area contributed by atoms with Gasteiger partial charge in [-0.3, -0.25) is 0 Å². The molecule has 0 unspecified atom stereocenters. The minimum Gasteiger partial charge on any atom is -0.489 e. The van der Waals surface area contributed by atoms with Crippen molar-refractivity contribution in [2.45, 2.75) is 39.8 Å². The molecule has 2 aromatic carbocycles. The molecule has 0 fully saturated rings. The van der Waals surface area contributed by atoms with E-state index in [4.69, 9.17) is 10.5 Å². The maximum absolute atomic E-state index is 5.99. The largest absolute Gasteiger partial charge is 0.489 e. The molecule has 0 bridgehead atoms. The predicted octanol–water partition coefficient (Wildman–Crippen LogP) is 4.16. The van der Waals surface area contributed by atoms with Crippen LogP contribution in [0.5, 0.6) is 5.75 Å². The Hall–Kier alpha value is -1.80. The summed E-state index contributed by atoms with van der Waals surface area (Å²) in [6, 6.07) is 14.7. The van der Waals surface area contributed by atoms with Crippen molar-refractivity contribution in [1.29, 1.82) is 0 Å². The molecule has 20 heavy (non-hydrogen) atoms. The summed E-state index contributed by atoms with van der Waals surface area (Å²) in [5.41, 5.74) is 10.8. The zero-order valence-electron chi connectivity index (χ0n) is 12.5. The first-order valence-corrected chi connectivity index (χ1v) is 7.17. The van der Waals surface area contributed by atoms with Gasteiger partial charge in [-0.2, -0.15) is 0 Å².